The molecule has 0 amide bonds. The lowest BCUT2D eigenvalue weighted by atomic mass is 11.3. The van der Waals surface area contributed by atoms with Crippen molar-refractivity contribution in [2.45, 2.75) is 0 Å². The third-order valence-corrected chi connectivity index (χ3v) is 1.18. The van der Waals surface area contributed by atoms with Gasteiger partial charge in [0, 0.05) is 0 Å². The monoisotopic (exact) mass is 310 g/mol. The van der Waals surface area contributed by atoms with Gasteiger partial charge >= 0.3 is 10.4 Å². The fraction of sp³-hybridized carbons (Fsp3) is 0.500. The molecule has 0 saturated carbocycles. The Hall–Kier alpha value is -0.830. The zero-order chi connectivity index (χ0) is 14.5. The third kappa shape index (κ3) is 51.2. The number of methoxy groups -OCH3 is 2. The van der Waals surface area contributed by atoms with Crippen LogP contribution in [0, 0.1) is 0 Å². The van der Waals surface area contributed by atoms with Crippen LogP contribution in [0.4, 0.5) is 0 Å². The molecular formula is C4H14N4O6S3. The quantitative estimate of drug-likeness (QED) is 0.127. The summed E-state index contributed by atoms with van der Waals surface area (Å²) in [6, 6.07) is 0. The maximum atomic E-state index is 8.74. The summed E-state index contributed by atoms with van der Waals surface area (Å²) in [7, 11) is -1.77. The van der Waals surface area contributed by atoms with Crippen LogP contribution in [0.25, 0.3) is 0 Å². The number of thiocarbonyl (C=S) groups is 2. The summed E-state index contributed by atoms with van der Waals surface area (Å²) in [5.74, 6) is 9.53. The van der Waals surface area contributed by atoms with E-state index in [1.54, 1.807) is 0 Å². The number of rotatable bonds is 0. The van der Waals surface area contributed by atoms with Crippen LogP contribution >= 0.6 is 24.4 Å². The van der Waals surface area contributed by atoms with Crippen LogP contribution in [-0.2, 0) is 19.9 Å². The fourth-order valence-corrected chi connectivity index (χ4v) is 0.118. The molecule has 0 spiro atoms. The van der Waals surface area contributed by atoms with Gasteiger partial charge in [0.1, 0.15) is 0 Å². The van der Waals surface area contributed by atoms with Crippen LogP contribution in [-0.4, -0.2) is 42.1 Å². The SMILES string of the molecule is COC(=S)NN.COC(=S)NN.O=S(=O)(O)O. The van der Waals surface area contributed by atoms with Gasteiger partial charge < -0.3 is 9.47 Å². The number of nitrogens with two attached hydrogens (primary N) is 2. The molecule has 0 aliphatic heterocycles. The zero-order valence-corrected chi connectivity index (χ0v) is 11.4. The smallest absolute Gasteiger partial charge is 0.394 e. The van der Waals surface area contributed by atoms with Crippen molar-refractivity contribution in [1.29, 1.82) is 0 Å². The predicted molar refractivity (Wildman–Crippen MR) is 68.0 cm³/mol. The lowest BCUT2D eigenvalue weighted by Crippen LogP contribution is -2.29. The lowest BCUT2D eigenvalue weighted by Gasteiger charge is -1.94. The molecule has 0 atom stereocenters. The van der Waals surface area contributed by atoms with E-state index in [0.717, 1.165) is 0 Å². The van der Waals surface area contributed by atoms with Crippen LogP contribution in [0.3, 0.4) is 0 Å². The molecule has 0 rings (SSSR count). The van der Waals surface area contributed by atoms with Gasteiger partial charge in [-0.05, 0) is 24.4 Å². The first-order valence-electron chi connectivity index (χ1n) is 3.41. The topological polar surface area (TPSA) is 169 Å². The van der Waals surface area contributed by atoms with E-state index >= 15 is 0 Å². The molecule has 10 nitrogen and oxygen atoms in total. The van der Waals surface area contributed by atoms with E-state index in [9.17, 15) is 0 Å². The Labute approximate surface area is 109 Å². The molecule has 0 aromatic rings. The first kappa shape index (κ1) is 21.5. The minimum atomic E-state index is -4.67. The van der Waals surface area contributed by atoms with E-state index in [0.29, 0.717) is 0 Å². The minimum Gasteiger partial charge on any atom is -0.473 e. The summed E-state index contributed by atoms with van der Waals surface area (Å²) < 4.78 is 40.4. The number of hydrogen-bond donors (Lipinski definition) is 6. The fourth-order valence-electron chi connectivity index (χ4n) is 0.118. The number of nitrogens with one attached hydrogen (secondary N) is 2. The van der Waals surface area contributed by atoms with Crippen molar-refractivity contribution in [3.8, 4) is 0 Å². The Balaban J connectivity index is -0.000000174. The molecule has 0 aromatic carbocycles. The first-order chi connectivity index (χ1) is 7.62. The van der Waals surface area contributed by atoms with E-state index in [-0.39, 0.29) is 10.3 Å². The van der Waals surface area contributed by atoms with Gasteiger partial charge in [0.25, 0.3) is 10.3 Å². The highest BCUT2D eigenvalue weighted by atomic mass is 32.3. The summed E-state index contributed by atoms with van der Waals surface area (Å²) in [6.07, 6.45) is 0. The van der Waals surface area contributed by atoms with Crippen molar-refractivity contribution in [1.82, 2.24) is 10.9 Å². The molecule has 104 valence electrons. The molecule has 0 aliphatic carbocycles. The van der Waals surface area contributed by atoms with E-state index < -0.39 is 10.4 Å². The van der Waals surface area contributed by atoms with Gasteiger partial charge in [0.2, 0.25) is 0 Å². The highest BCUT2D eigenvalue weighted by molar-refractivity contribution is 7.80. The van der Waals surface area contributed by atoms with Crippen molar-refractivity contribution in [2.75, 3.05) is 14.2 Å². The molecule has 0 radical (unpaired) electrons. The average Bonchev–Trinajstić information content (AvgIpc) is 2.25. The highest BCUT2D eigenvalue weighted by Crippen LogP contribution is 1.63. The van der Waals surface area contributed by atoms with E-state index in [4.69, 9.17) is 29.2 Å². The third-order valence-electron chi connectivity index (χ3n) is 0.606. The maximum absolute atomic E-state index is 8.74. The number of ether oxygens (including phenoxy) is 2. The second-order valence-electron chi connectivity index (χ2n) is 1.72. The molecule has 0 aliphatic rings. The molecule has 0 bridgehead atoms. The lowest BCUT2D eigenvalue weighted by molar-refractivity contribution is 0.381. The standard InChI is InChI=1S/2C2H6N2OS.H2O4S/c2*1-5-2(6)4-3;1-5(2,3)4/h2*3H2,1H3,(H,4,6);(H2,1,2,3,4). The predicted octanol–water partition coefficient (Wildman–Crippen LogP) is -1.89. The van der Waals surface area contributed by atoms with Gasteiger partial charge in [-0.25, -0.2) is 11.7 Å². The van der Waals surface area contributed by atoms with Gasteiger partial charge in [0.15, 0.2) is 0 Å². The second kappa shape index (κ2) is 13.2. The summed E-state index contributed by atoms with van der Waals surface area (Å²) >= 11 is 8.80. The average molecular weight is 310 g/mol. The van der Waals surface area contributed by atoms with Crippen molar-refractivity contribution in [3.05, 3.63) is 0 Å². The normalized spacial score (nSPS) is 8.35. The number of hydrogen-bond acceptors (Lipinski definition) is 8. The van der Waals surface area contributed by atoms with E-state index in [1.807, 2.05) is 0 Å². The Morgan fingerprint density at radius 2 is 1.24 bits per heavy atom. The Morgan fingerprint density at radius 3 is 1.24 bits per heavy atom. The minimum absolute atomic E-state index is 0.204. The van der Waals surface area contributed by atoms with Crippen LogP contribution in [0.5, 0.6) is 0 Å². The van der Waals surface area contributed by atoms with Crippen molar-refractivity contribution < 1.29 is 27.0 Å². The second-order valence-corrected chi connectivity index (χ2v) is 3.36. The summed E-state index contributed by atoms with van der Waals surface area (Å²) in [5, 5.41) is 0.407. The van der Waals surface area contributed by atoms with E-state index in [1.165, 1.54) is 14.2 Å². The summed E-state index contributed by atoms with van der Waals surface area (Å²) in [5.41, 5.74) is 4.25. The summed E-state index contributed by atoms with van der Waals surface area (Å²) in [6.45, 7) is 0. The molecule has 0 saturated heterocycles. The first-order valence-corrected chi connectivity index (χ1v) is 5.62. The van der Waals surface area contributed by atoms with Crippen molar-refractivity contribution in [3.63, 3.8) is 0 Å². The van der Waals surface area contributed by atoms with Crippen molar-refractivity contribution >= 4 is 45.2 Å². The molecule has 13 heteroatoms. The van der Waals surface area contributed by atoms with Gasteiger partial charge in [-0.1, -0.05) is 0 Å². The maximum Gasteiger partial charge on any atom is 0.394 e. The van der Waals surface area contributed by atoms with Gasteiger partial charge in [-0.3, -0.25) is 20.0 Å². The molecule has 0 fully saturated rings. The van der Waals surface area contributed by atoms with E-state index in [2.05, 4.69) is 44.8 Å². The molecule has 17 heavy (non-hydrogen) atoms. The Kier molecular flexibility index (Phi) is 16.7. The van der Waals surface area contributed by atoms with Crippen LogP contribution < -0.4 is 22.5 Å². The van der Waals surface area contributed by atoms with Crippen LogP contribution in [0.1, 0.15) is 0 Å². The molecule has 0 aromatic heterocycles. The zero-order valence-electron chi connectivity index (χ0n) is 8.91. The van der Waals surface area contributed by atoms with Gasteiger partial charge in [0.05, 0.1) is 14.2 Å². The Morgan fingerprint density at radius 1 is 1.06 bits per heavy atom. The Bertz CT molecular complexity index is 270. The van der Waals surface area contributed by atoms with Gasteiger partial charge in [-0.2, -0.15) is 8.42 Å². The molecule has 0 heterocycles. The largest absolute Gasteiger partial charge is 0.473 e. The molecule has 8 N–H and O–H groups in total. The van der Waals surface area contributed by atoms with Crippen molar-refractivity contribution in [2.24, 2.45) is 11.7 Å². The van der Waals surface area contributed by atoms with Gasteiger partial charge in [-0.15, -0.1) is 0 Å². The highest BCUT2D eigenvalue weighted by Gasteiger charge is 1.84. The number of hydrazine groups is 2. The summed E-state index contributed by atoms with van der Waals surface area (Å²) in [4.78, 5) is 0. The van der Waals surface area contributed by atoms with Crippen LogP contribution in [0.15, 0.2) is 0 Å². The molecule has 0 unspecified atom stereocenters. The molecular weight excluding hydrogens is 296 g/mol. The van der Waals surface area contributed by atoms with Crippen LogP contribution in [0.2, 0.25) is 0 Å².